The number of benzene rings is 3. The zero-order chi connectivity index (χ0) is 33.1. The number of allylic oxidation sites excluding steroid dienone is 8. The molecule has 0 heterocycles. The quantitative estimate of drug-likeness (QED) is 0.199. The lowest BCUT2D eigenvalue weighted by Gasteiger charge is -2.17. The van der Waals surface area contributed by atoms with Gasteiger partial charge in [0.05, 0.1) is 5.57 Å². The van der Waals surface area contributed by atoms with Crippen molar-refractivity contribution in [3.05, 3.63) is 118 Å². The van der Waals surface area contributed by atoms with Crippen molar-refractivity contribution in [3.8, 4) is 30.3 Å². The van der Waals surface area contributed by atoms with E-state index in [1.165, 1.54) is 0 Å². The molecule has 0 radical (unpaired) electrons. The molecule has 0 saturated carbocycles. The minimum absolute atomic E-state index is 0.0947. The number of anilines is 3. The van der Waals surface area contributed by atoms with E-state index in [0.717, 1.165) is 17.1 Å². The Morgan fingerprint density at radius 2 is 0.778 bits per heavy atom. The van der Waals surface area contributed by atoms with Crippen molar-refractivity contribution in [2.75, 3.05) is 57.0 Å². The van der Waals surface area contributed by atoms with Crippen molar-refractivity contribution in [1.82, 2.24) is 0 Å². The Morgan fingerprint density at radius 1 is 0.444 bits per heavy atom. The third-order valence-electron chi connectivity index (χ3n) is 7.08. The summed E-state index contributed by atoms with van der Waals surface area (Å²) in [7, 11) is 11.5. The molecule has 0 aliphatic carbocycles. The number of hydrogen-bond donors (Lipinski definition) is 0. The molecule has 8 nitrogen and oxygen atoms in total. The second kappa shape index (κ2) is 15.1. The highest BCUT2D eigenvalue weighted by molar-refractivity contribution is 6.00. The van der Waals surface area contributed by atoms with Crippen LogP contribution in [-0.4, -0.2) is 42.3 Å². The third-order valence-corrected chi connectivity index (χ3v) is 7.08. The molecule has 0 atom stereocenters. The molecule has 0 aromatic heterocycles. The van der Waals surface area contributed by atoms with Crippen LogP contribution in [-0.2, 0) is 0 Å². The largest absolute Gasteiger partial charge is 0.378 e. The highest BCUT2D eigenvalue weighted by atomic mass is 15.1. The molecule has 0 amide bonds. The fourth-order valence-electron chi connectivity index (χ4n) is 4.57. The van der Waals surface area contributed by atoms with Gasteiger partial charge in [-0.05, 0) is 53.1 Å². The summed E-state index contributed by atoms with van der Waals surface area (Å²) >= 11 is 0. The predicted molar refractivity (Wildman–Crippen MR) is 180 cm³/mol. The van der Waals surface area contributed by atoms with Gasteiger partial charge in [0.15, 0.2) is 0 Å². The fourth-order valence-corrected chi connectivity index (χ4v) is 4.57. The molecule has 3 rings (SSSR count). The SMILES string of the molecule is CN(C)c1ccc(C(/C=C/C(=C(C#N)C(=C(C#N)C#N)c2ccc(N(C)C)cc2)c2ccc(N(C)C)cc2)=C(C#N)C#N)cc1. The Labute approximate surface area is 265 Å². The van der Waals surface area contributed by atoms with E-state index < -0.39 is 0 Å². The van der Waals surface area contributed by atoms with Gasteiger partial charge in [0, 0.05) is 76.1 Å². The summed E-state index contributed by atoms with van der Waals surface area (Å²) in [5.41, 5.74) is 5.33. The van der Waals surface area contributed by atoms with E-state index in [0.29, 0.717) is 27.8 Å². The minimum Gasteiger partial charge on any atom is -0.378 e. The minimum atomic E-state index is -0.218. The van der Waals surface area contributed by atoms with Crippen molar-refractivity contribution in [2.45, 2.75) is 0 Å². The van der Waals surface area contributed by atoms with Crippen molar-refractivity contribution < 1.29 is 0 Å². The summed E-state index contributed by atoms with van der Waals surface area (Å²) in [6.07, 6.45) is 3.29. The summed E-state index contributed by atoms with van der Waals surface area (Å²) in [5, 5.41) is 50.3. The van der Waals surface area contributed by atoms with Gasteiger partial charge < -0.3 is 14.7 Å². The van der Waals surface area contributed by atoms with Gasteiger partial charge in [0.25, 0.3) is 0 Å². The Morgan fingerprint density at radius 3 is 1.11 bits per heavy atom. The molecule has 0 aliphatic heterocycles. The number of nitriles is 5. The average molecular weight is 589 g/mol. The highest BCUT2D eigenvalue weighted by Crippen LogP contribution is 2.35. The lowest BCUT2D eigenvalue weighted by atomic mass is 9.87. The zero-order valence-corrected chi connectivity index (χ0v) is 26.2. The standard InChI is InChI=1S/C37H32N8/c1-43(2)31-13-7-26(8-14-31)34(29(21-38)22-39)19-20-35(27-9-15-32(16-10-27)44(3)4)36(25-42)37(30(23-40)24-41)28-11-17-33(18-12-28)45(5)6/h7-20H,1-6H3/b20-19+,36-35?. The van der Waals surface area contributed by atoms with Gasteiger partial charge in [0.2, 0.25) is 0 Å². The Balaban J connectivity index is 2.42. The number of nitrogens with zero attached hydrogens (tertiary/aromatic N) is 8. The van der Waals surface area contributed by atoms with Crippen LogP contribution in [0.4, 0.5) is 17.1 Å². The van der Waals surface area contributed by atoms with E-state index in [1.807, 2.05) is 142 Å². The summed E-state index contributed by atoms with van der Waals surface area (Å²) in [6, 6.07) is 32.3. The van der Waals surface area contributed by atoms with Crippen molar-refractivity contribution in [2.24, 2.45) is 0 Å². The van der Waals surface area contributed by atoms with Crippen LogP contribution in [0.25, 0.3) is 16.7 Å². The van der Waals surface area contributed by atoms with Crippen molar-refractivity contribution in [3.63, 3.8) is 0 Å². The summed E-state index contributed by atoms with van der Waals surface area (Å²) < 4.78 is 0. The van der Waals surface area contributed by atoms with Crippen molar-refractivity contribution >= 4 is 33.8 Å². The third kappa shape index (κ3) is 7.66. The molecule has 0 N–H and O–H groups in total. The average Bonchev–Trinajstić information content (AvgIpc) is 3.05. The maximum Gasteiger partial charge on any atom is 0.138 e. The van der Waals surface area contributed by atoms with E-state index in [4.69, 9.17) is 0 Å². The second-order valence-corrected chi connectivity index (χ2v) is 10.5. The van der Waals surface area contributed by atoms with Gasteiger partial charge in [0.1, 0.15) is 41.5 Å². The molecule has 3 aromatic rings. The first-order valence-electron chi connectivity index (χ1n) is 13.8. The molecule has 0 aliphatic rings. The van der Waals surface area contributed by atoms with Crippen LogP contribution in [0.15, 0.2) is 102 Å². The van der Waals surface area contributed by atoms with Crippen LogP contribution >= 0.6 is 0 Å². The Bertz CT molecular complexity index is 1850. The molecule has 3 aromatic carbocycles. The Kier molecular flexibility index (Phi) is 11.1. The van der Waals surface area contributed by atoms with E-state index in [1.54, 1.807) is 24.3 Å². The molecule has 8 heteroatoms. The van der Waals surface area contributed by atoms with Gasteiger partial charge in [-0.15, -0.1) is 0 Å². The molecule has 45 heavy (non-hydrogen) atoms. The first kappa shape index (κ1) is 33.0. The van der Waals surface area contributed by atoms with Gasteiger partial charge in [-0.25, -0.2) is 0 Å². The fraction of sp³-hybridized carbons (Fsp3) is 0.162. The smallest absolute Gasteiger partial charge is 0.138 e. The van der Waals surface area contributed by atoms with Gasteiger partial charge >= 0.3 is 0 Å². The first-order chi connectivity index (χ1) is 21.6. The van der Waals surface area contributed by atoms with Gasteiger partial charge in [-0.1, -0.05) is 48.6 Å². The van der Waals surface area contributed by atoms with Crippen molar-refractivity contribution in [1.29, 1.82) is 26.3 Å². The molecular formula is C37H32N8. The van der Waals surface area contributed by atoms with E-state index in [9.17, 15) is 26.3 Å². The summed E-state index contributed by atoms with van der Waals surface area (Å²) in [5.74, 6) is 0. The molecule has 0 saturated heterocycles. The molecular weight excluding hydrogens is 556 g/mol. The first-order valence-corrected chi connectivity index (χ1v) is 13.8. The summed E-state index contributed by atoms with van der Waals surface area (Å²) in [4.78, 5) is 5.81. The number of hydrogen-bond acceptors (Lipinski definition) is 8. The topological polar surface area (TPSA) is 129 Å². The maximum absolute atomic E-state index is 10.6. The van der Waals surface area contributed by atoms with Crippen LogP contribution in [0, 0.1) is 56.7 Å². The second-order valence-electron chi connectivity index (χ2n) is 10.5. The van der Waals surface area contributed by atoms with Crippen LogP contribution in [0.5, 0.6) is 0 Å². The molecule has 0 bridgehead atoms. The molecule has 0 spiro atoms. The van der Waals surface area contributed by atoms with Crippen LogP contribution in [0.1, 0.15) is 16.7 Å². The van der Waals surface area contributed by atoms with Gasteiger partial charge in [-0.2, -0.15) is 26.3 Å². The molecule has 220 valence electrons. The van der Waals surface area contributed by atoms with Gasteiger partial charge in [-0.3, -0.25) is 0 Å². The highest BCUT2D eigenvalue weighted by Gasteiger charge is 2.20. The van der Waals surface area contributed by atoms with E-state index in [2.05, 4.69) is 6.07 Å². The molecule has 0 fully saturated rings. The Hall–Kier alpha value is -6.53. The van der Waals surface area contributed by atoms with E-state index >= 15 is 0 Å². The molecule has 0 unspecified atom stereocenters. The lowest BCUT2D eigenvalue weighted by Crippen LogP contribution is -2.08. The van der Waals surface area contributed by atoms with Crippen LogP contribution < -0.4 is 14.7 Å². The normalized spacial score (nSPS) is 10.6. The van der Waals surface area contributed by atoms with Crippen LogP contribution in [0.2, 0.25) is 0 Å². The monoisotopic (exact) mass is 588 g/mol. The number of rotatable bonds is 9. The van der Waals surface area contributed by atoms with Crippen LogP contribution in [0.3, 0.4) is 0 Å². The zero-order valence-electron chi connectivity index (χ0n) is 26.2. The lowest BCUT2D eigenvalue weighted by molar-refractivity contribution is 1.13. The summed E-state index contributed by atoms with van der Waals surface area (Å²) in [6.45, 7) is 0. The maximum atomic E-state index is 10.6. The van der Waals surface area contributed by atoms with E-state index in [-0.39, 0.29) is 22.3 Å². The predicted octanol–water partition coefficient (Wildman–Crippen LogP) is 6.72.